The monoisotopic (exact) mass is 476 g/mol. The van der Waals surface area contributed by atoms with Crippen LogP contribution < -0.4 is 24.8 Å². The van der Waals surface area contributed by atoms with Crippen molar-refractivity contribution in [1.29, 1.82) is 0 Å². The molecule has 1 aliphatic rings. The molecule has 3 rings (SSSR count). The molecule has 2 heterocycles. The molecule has 0 radical (unpaired) electrons. The fourth-order valence-electron chi connectivity index (χ4n) is 3.25. The zero-order valence-electron chi connectivity index (χ0n) is 18.6. The third-order valence-corrected chi connectivity index (χ3v) is 5.69. The van der Waals surface area contributed by atoms with Crippen LogP contribution in [0.15, 0.2) is 40.9 Å². The predicted molar refractivity (Wildman–Crippen MR) is 119 cm³/mol. The van der Waals surface area contributed by atoms with Crippen molar-refractivity contribution in [1.82, 2.24) is 10.6 Å². The first-order valence-corrected chi connectivity index (χ1v) is 10.8. The van der Waals surface area contributed by atoms with E-state index in [1.54, 1.807) is 19.1 Å². The largest absolute Gasteiger partial charge is 0.496 e. The molecule has 0 saturated carbocycles. The van der Waals surface area contributed by atoms with Gasteiger partial charge in [-0.05, 0) is 18.4 Å². The molecule has 0 unspecified atom stereocenters. The summed E-state index contributed by atoms with van der Waals surface area (Å²) < 4.78 is 26.4. The SMILES string of the molecule is CCOC(=O)C1=C(COC(=O)c2cc(OC)c(OC)cc2OC)NC(=O)N[C@H]1c1cccs1. The molecule has 2 N–H and O–H groups in total. The summed E-state index contributed by atoms with van der Waals surface area (Å²) in [6, 6.07) is 5.25. The summed E-state index contributed by atoms with van der Waals surface area (Å²) >= 11 is 1.37. The lowest BCUT2D eigenvalue weighted by atomic mass is 10.0. The summed E-state index contributed by atoms with van der Waals surface area (Å²) in [5, 5.41) is 7.10. The molecule has 1 atom stereocenters. The first-order valence-electron chi connectivity index (χ1n) is 9.91. The van der Waals surface area contributed by atoms with E-state index >= 15 is 0 Å². The molecule has 1 aromatic carbocycles. The number of carbonyl (C=O) groups excluding carboxylic acids is 3. The quantitative estimate of drug-likeness (QED) is 0.530. The smallest absolute Gasteiger partial charge is 0.342 e. The second-order valence-corrected chi connectivity index (χ2v) is 7.62. The van der Waals surface area contributed by atoms with Crippen LogP contribution in [0.4, 0.5) is 4.79 Å². The van der Waals surface area contributed by atoms with Crippen molar-refractivity contribution in [2.75, 3.05) is 34.5 Å². The number of esters is 2. The minimum absolute atomic E-state index is 0.0866. The minimum atomic E-state index is -0.746. The van der Waals surface area contributed by atoms with E-state index < -0.39 is 24.0 Å². The Kier molecular flexibility index (Phi) is 7.78. The maximum atomic E-state index is 12.9. The molecule has 33 heavy (non-hydrogen) atoms. The predicted octanol–water partition coefficient (Wildman–Crippen LogP) is 2.80. The highest BCUT2D eigenvalue weighted by Crippen LogP contribution is 2.35. The number of carbonyl (C=O) groups is 3. The van der Waals surface area contributed by atoms with Gasteiger partial charge in [0.2, 0.25) is 0 Å². The van der Waals surface area contributed by atoms with Gasteiger partial charge in [-0.25, -0.2) is 14.4 Å². The van der Waals surface area contributed by atoms with Crippen LogP contribution in [-0.2, 0) is 14.3 Å². The topological polar surface area (TPSA) is 121 Å². The summed E-state index contributed by atoms with van der Waals surface area (Å²) in [6.45, 7) is 1.44. The minimum Gasteiger partial charge on any atom is -0.496 e. The lowest BCUT2D eigenvalue weighted by Gasteiger charge is -2.28. The molecule has 10 nitrogen and oxygen atoms in total. The average Bonchev–Trinajstić information content (AvgIpc) is 3.36. The van der Waals surface area contributed by atoms with Crippen molar-refractivity contribution in [3.8, 4) is 17.2 Å². The van der Waals surface area contributed by atoms with Crippen LogP contribution in [0.3, 0.4) is 0 Å². The first kappa shape index (κ1) is 23.9. The van der Waals surface area contributed by atoms with Gasteiger partial charge in [-0.3, -0.25) is 0 Å². The van der Waals surface area contributed by atoms with E-state index in [0.717, 1.165) is 4.88 Å². The van der Waals surface area contributed by atoms with Crippen LogP contribution >= 0.6 is 11.3 Å². The lowest BCUT2D eigenvalue weighted by molar-refractivity contribution is -0.139. The summed E-state index contributed by atoms with van der Waals surface area (Å²) in [5.41, 5.74) is 0.373. The Hall–Kier alpha value is -3.73. The van der Waals surface area contributed by atoms with Crippen molar-refractivity contribution in [3.05, 3.63) is 51.4 Å². The standard InChI is InChI=1S/C22H24N2O8S/c1-5-31-21(26)18-13(23-22(27)24-19(18)17-7-6-8-33-17)11-32-20(25)12-9-15(29-3)16(30-4)10-14(12)28-2/h6-10,19H,5,11H2,1-4H3,(H2,23,24,27)/t19-/m0/s1. The summed E-state index contributed by atoms with van der Waals surface area (Å²) in [5.74, 6) is -0.475. The van der Waals surface area contributed by atoms with Crippen LogP contribution in [0.25, 0.3) is 0 Å². The molecule has 0 fully saturated rings. The highest BCUT2D eigenvalue weighted by atomic mass is 32.1. The van der Waals surface area contributed by atoms with Crippen LogP contribution in [-0.4, -0.2) is 52.5 Å². The molecule has 1 aromatic heterocycles. The van der Waals surface area contributed by atoms with E-state index in [1.165, 1.54) is 44.8 Å². The number of methoxy groups -OCH3 is 3. The van der Waals surface area contributed by atoms with Crippen LogP contribution in [0, 0.1) is 0 Å². The molecule has 1 aliphatic heterocycles. The molecule has 0 saturated heterocycles. The van der Waals surface area contributed by atoms with Gasteiger partial charge in [-0.1, -0.05) is 6.07 Å². The average molecular weight is 477 g/mol. The van der Waals surface area contributed by atoms with E-state index in [-0.39, 0.29) is 35.8 Å². The summed E-state index contributed by atoms with van der Waals surface area (Å²) in [6.07, 6.45) is 0. The van der Waals surface area contributed by atoms with Crippen LogP contribution in [0.5, 0.6) is 17.2 Å². The second-order valence-electron chi connectivity index (χ2n) is 6.64. The second kappa shape index (κ2) is 10.7. The number of thiophene rings is 1. The van der Waals surface area contributed by atoms with Gasteiger partial charge >= 0.3 is 18.0 Å². The van der Waals surface area contributed by atoms with Gasteiger partial charge in [-0.2, -0.15) is 0 Å². The normalized spacial score (nSPS) is 15.3. The highest BCUT2D eigenvalue weighted by Gasteiger charge is 2.35. The lowest BCUT2D eigenvalue weighted by Crippen LogP contribution is -2.46. The van der Waals surface area contributed by atoms with Crippen molar-refractivity contribution in [2.45, 2.75) is 13.0 Å². The van der Waals surface area contributed by atoms with Crippen molar-refractivity contribution in [3.63, 3.8) is 0 Å². The molecule has 11 heteroatoms. The fourth-order valence-corrected chi connectivity index (χ4v) is 4.04. The zero-order chi connectivity index (χ0) is 24.0. The van der Waals surface area contributed by atoms with E-state index in [4.69, 9.17) is 23.7 Å². The Balaban J connectivity index is 1.93. The Morgan fingerprint density at radius 1 is 1.00 bits per heavy atom. The third-order valence-electron chi connectivity index (χ3n) is 4.75. The van der Waals surface area contributed by atoms with Crippen LogP contribution in [0.2, 0.25) is 0 Å². The molecule has 0 aliphatic carbocycles. The van der Waals surface area contributed by atoms with Gasteiger partial charge in [0, 0.05) is 17.0 Å². The van der Waals surface area contributed by atoms with Gasteiger partial charge in [0.05, 0.1) is 45.2 Å². The zero-order valence-corrected chi connectivity index (χ0v) is 19.4. The number of amides is 2. The highest BCUT2D eigenvalue weighted by molar-refractivity contribution is 7.10. The number of urea groups is 1. The number of hydrogen-bond acceptors (Lipinski definition) is 9. The maximum Gasteiger partial charge on any atom is 0.342 e. The number of hydrogen-bond donors (Lipinski definition) is 2. The van der Waals surface area contributed by atoms with Crippen LogP contribution in [0.1, 0.15) is 28.2 Å². The summed E-state index contributed by atoms with van der Waals surface area (Å²) in [7, 11) is 4.30. The van der Waals surface area contributed by atoms with E-state index in [9.17, 15) is 14.4 Å². The first-order chi connectivity index (χ1) is 15.9. The molecular weight excluding hydrogens is 452 g/mol. The number of nitrogens with one attached hydrogen (secondary N) is 2. The van der Waals surface area contributed by atoms with E-state index in [0.29, 0.717) is 11.5 Å². The molecule has 0 spiro atoms. The molecule has 2 amide bonds. The molecule has 0 bridgehead atoms. The van der Waals surface area contributed by atoms with Gasteiger partial charge in [0.25, 0.3) is 0 Å². The van der Waals surface area contributed by atoms with Gasteiger partial charge < -0.3 is 34.3 Å². The van der Waals surface area contributed by atoms with E-state index in [2.05, 4.69) is 10.6 Å². The Morgan fingerprint density at radius 3 is 2.30 bits per heavy atom. The number of rotatable bonds is 9. The Morgan fingerprint density at radius 2 is 1.70 bits per heavy atom. The fraction of sp³-hybridized carbons (Fsp3) is 0.318. The van der Waals surface area contributed by atoms with Crippen molar-refractivity contribution < 1.29 is 38.1 Å². The Labute approximate surface area is 194 Å². The number of ether oxygens (including phenoxy) is 5. The van der Waals surface area contributed by atoms with Gasteiger partial charge in [-0.15, -0.1) is 11.3 Å². The molecule has 2 aromatic rings. The third kappa shape index (κ3) is 5.20. The van der Waals surface area contributed by atoms with Crippen molar-refractivity contribution >= 4 is 29.3 Å². The summed E-state index contributed by atoms with van der Waals surface area (Å²) in [4.78, 5) is 38.6. The van der Waals surface area contributed by atoms with Crippen molar-refractivity contribution in [2.24, 2.45) is 0 Å². The van der Waals surface area contributed by atoms with Gasteiger partial charge in [0.1, 0.15) is 17.9 Å². The number of benzene rings is 1. The molecular formula is C22H24N2O8S. The maximum absolute atomic E-state index is 12.9. The van der Waals surface area contributed by atoms with E-state index in [1.807, 2.05) is 5.38 Å². The van der Waals surface area contributed by atoms with Gasteiger partial charge in [0.15, 0.2) is 11.5 Å². The Bertz CT molecular complexity index is 1060. The molecule has 176 valence electrons.